The Kier molecular flexibility index (Phi) is 4.24. The van der Waals surface area contributed by atoms with E-state index in [-0.39, 0.29) is 24.7 Å². The molecular weight excluding hydrogens is 362 g/mol. The highest BCUT2D eigenvalue weighted by molar-refractivity contribution is 5.86. The molecule has 8 heteroatoms. The van der Waals surface area contributed by atoms with Gasteiger partial charge in [0.15, 0.2) is 0 Å². The fraction of sp³-hybridized carbons (Fsp3) is 0.450. The Bertz CT molecular complexity index is 1020. The van der Waals surface area contributed by atoms with Gasteiger partial charge >= 0.3 is 0 Å². The minimum Gasteiger partial charge on any atom is -0.262 e. The first-order chi connectivity index (χ1) is 13.2. The number of hydrogen-bond donors (Lipinski definition) is 1. The maximum absolute atomic E-state index is 14.4. The average molecular weight is 384 g/mol. The van der Waals surface area contributed by atoms with Gasteiger partial charge in [-0.05, 0) is 41.8 Å². The maximum Gasteiger partial charge on any atom is 0.252 e. The number of nitrogens with one attached hydrogen (secondary N) is 1. The van der Waals surface area contributed by atoms with Gasteiger partial charge in [-0.25, -0.2) is 8.78 Å². The fourth-order valence-corrected chi connectivity index (χ4v) is 3.77. The van der Waals surface area contributed by atoms with Crippen LogP contribution in [-0.4, -0.2) is 36.5 Å². The molecule has 3 aromatic heterocycles. The molecule has 3 heterocycles. The van der Waals surface area contributed by atoms with Crippen LogP contribution in [0.5, 0.6) is 0 Å². The van der Waals surface area contributed by atoms with Gasteiger partial charge < -0.3 is 0 Å². The van der Waals surface area contributed by atoms with Crippen molar-refractivity contribution in [2.24, 2.45) is 0 Å². The van der Waals surface area contributed by atoms with Crippen molar-refractivity contribution in [2.45, 2.75) is 58.3 Å². The van der Waals surface area contributed by atoms with Crippen LogP contribution in [0.1, 0.15) is 49.8 Å². The van der Waals surface area contributed by atoms with Gasteiger partial charge in [-0.3, -0.25) is 9.97 Å². The Hall–Kier alpha value is -2.77. The monoisotopic (exact) mass is 384 g/mol. The summed E-state index contributed by atoms with van der Waals surface area (Å²) in [7, 11) is 0. The largest absolute Gasteiger partial charge is 0.262 e. The van der Waals surface area contributed by atoms with Gasteiger partial charge in [0.05, 0.1) is 11.3 Å². The Morgan fingerprint density at radius 1 is 1.18 bits per heavy atom. The fourth-order valence-electron chi connectivity index (χ4n) is 3.77. The zero-order valence-corrected chi connectivity index (χ0v) is 16.3. The number of aromatic nitrogens is 6. The summed E-state index contributed by atoms with van der Waals surface area (Å²) in [5.41, 5.74) is 4.73. The molecule has 146 valence electrons. The van der Waals surface area contributed by atoms with E-state index in [9.17, 15) is 8.78 Å². The van der Waals surface area contributed by atoms with E-state index in [1.165, 1.54) is 0 Å². The van der Waals surface area contributed by atoms with Crippen molar-refractivity contribution in [3.63, 3.8) is 0 Å². The van der Waals surface area contributed by atoms with Crippen molar-refractivity contribution in [1.29, 1.82) is 0 Å². The molecule has 4 rings (SSSR count). The smallest absolute Gasteiger partial charge is 0.252 e. The number of H-pyrrole nitrogens is 1. The zero-order valence-electron chi connectivity index (χ0n) is 16.3. The number of pyridine rings is 2. The number of tetrazole rings is 1. The van der Waals surface area contributed by atoms with Crippen LogP contribution in [0.4, 0.5) is 8.78 Å². The Labute approximate surface area is 161 Å². The molecule has 0 amide bonds. The second-order valence-electron chi connectivity index (χ2n) is 8.34. The summed E-state index contributed by atoms with van der Waals surface area (Å²) in [6, 6.07) is 3.74. The molecule has 1 N–H and O–H groups in total. The van der Waals surface area contributed by atoms with Crippen molar-refractivity contribution in [2.75, 3.05) is 0 Å². The van der Waals surface area contributed by atoms with E-state index >= 15 is 0 Å². The third kappa shape index (κ3) is 3.27. The van der Waals surface area contributed by atoms with Crippen LogP contribution in [0.15, 0.2) is 18.3 Å². The lowest BCUT2D eigenvalue weighted by Crippen LogP contribution is -2.29. The third-order valence-electron chi connectivity index (χ3n) is 5.01. The van der Waals surface area contributed by atoms with E-state index in [0.29, 0.717) is 22.5 Å². The number of hydrogen-bond acceptors (Lipinski definition) is 5. The number of aryl methyl sites for hydroxylation is 2. The summed E-state index contributed by atoms with van der Waals surface area (Å²) in [5.74, 6) is -2.40. The third-order valence-corrected chi connectivity index (χ3v) is 5.01. The normalized spacial score (nSPS) is 16.1. The first kappa shape index (κ1) is 18.6. The molecular formula is C20H22F2N6. The molecule has 3 aromatic rings. The highest BCUT2D eigenvalue weighted by Crippen LogP contribution is 2.45. The molecule has 0 radical (unpaired) electrons. The Morgan fingerprint density at radius 3 is 2.61 bits per heavy atom. The van der Waals surface area contributed by atoms with E-state index in [1.54, 1.807) is 6.20 Å². The van der Waals surface area contributed by atoms with Crippen molar-refractivity contribution < 1.29 is 8.78 Å². The van der Waals surface area contributed by atoms with Gasteiger partial charge in [0.2, 0.25) is 5.82 Å². The Balaban J connectivity index is 2.13. The van der Waals surface area contributed by atoms with Gasteiger partial charge in [0.1, 0.15) is 0 Å². The molecule has 0 aromatic carbocycles. The summed E-state index contributed by atoms with van der Waals surface area (Å²) >= 11 is 0. The topological polar surface area (TPSA) is 80.2 Å². The number of aromatic amines is 1. The molecule has 0 aliphatic heterocycles. The predicted octanol–water partition coefficient (Wildman–Crippen LogP) is 4.05. The summed E-state index contributed by atoms with van der Waals surface area (Å²) < 4.78 is 28.8. The lowest BCUT2D eigenvalue weighted by Gasteiger charge is -2.31. The number of alkyl halides is 2. The van der Waals surface area contributed by atoms with Crippen LogP contribution in [0.25, 0.3) is 22.5 Å². The molecule has 1 aliphatic rings. The molecule has 0 fully saturated rings. The molecule has 0 bridgehead atoms. The molecule has 0 atom stereocenters. The quantitative estimate of drug-likeness (QED) is 0.721. The van der Waals surface area contributed by atoms with Crippen molar-refractivity contribution in [3.05, 3.63) is 41.0 Å². The molecule has 28 heavy (non-hydrogen) atoms. The number of rotatable bonds is 2. The Morgan fingerprint density at radius 2 is 1.96 bits per heavy atom. The highest BCUT2D eigenvalue weighted by Gasteiger charge is 2.39. The standard InChI is InChI=1S/C20H22F2N6/c1-11-9-12(6-8-23-11)15-13-10-20(21,22)7-5-14(13)24-17(19(2,3)4)16(15)18-25-27-28-26-18/h6,8-9H,5,7,10H2,1-4H3,(H,25,26,27,28). The first-order valence-corrected chi connectivity index (χ1v) is 9.26. The van der Waals surface area contributed by atoms with Crippen LogP contribution in [-0.2, 0) is 18.3 Å². The van der Waals surface area contributed by atoms with Crippen LogP contribution >= 0.6 is 0 Å². The van der Waals surface area contributed by atoms with Crippen molar-refractivity contribution in [3.8, 4) is 22.5 Å². The van der Waals surface area contributed by atoms with Crippen LogP contribution in [0, 0.1) is 6.92 Å². The lowest BCUT2D eigenvalue weighted by molar-refractivity contribution is -0.0126. The molecule has 0 saturated carbocycles. The highest BCUT2D eigenvalue weighted by atomic mass is 19.3. The second-order valence-corrected chi connectivity index (χ2v) is 8.34. The molecule has 1 aliphatic carbocycles. The lowest BCUT2D eigenvalue weighted by atomic mass is 9.79. The van der Waals surface area contributed by atoms with Gasteiger partial charge in [-0.1, -0.05) is 20.8 Å². The van der Waals surface area contributed by atoms with Crippen molar-refractivity contribution in [1.82, 2.24) is 30.6 Å². The van der Waals surface area contributed by atoms with E-state index in [4.69, 9.17) is 4.98 Å². The van der Waals surface area contributed by atoms with Crippen molar-refractivity contribution >= 4 is 0 Å². The minimum atomic E-state index is -2.76. The molecule has 0 saturated heterocycles. The van der Waals surface area contributed by atoms with Crippen LogP contribution in [0.3, 0.4) is 0 Å². The van der Waals surface area contributed by atoms with E-state index < -0.39 is 5.92 Å². The van der Waals surface area contributed by atoms with E-state index in [1.807, 2.05) is 39.8 Å². The van der Waals surface area contributed by atoms with E-state index in [2.05, 4.69) is 25.6 Å². The van der Waals surface area contributed by atoms with Gasteiger partial charge in [0, 0.05) is 41.4 Å². The van der Waals surface area contributed by atoms with E-state index in [0.717, 1.165) is 22.6 Å². The summed E-state index contributed by atoms with van der Waals surface area (Å²) in [6.07, 6.45) is 1.40. The van der Waals surface area contributed by atoms with Gasteiger partial charge in [-0.2, -0.15) is 5.21 Å². The maximum atomic E-state index is 14.4. The van der Waals surface area contributed by atoms with Crippen LogP contribution in [0.2, 0.25) is 0 Å². The first-order valence-electron chi connectivity index (χ1n) is 9.26. The molecule has 6 nitrogen and oxygen atoms in total. The summed E-state index contributed by atoms with van der Waals surface area (Å²) in [4.78, 5) is 9.10. The van der Waals surface area contributed by atoms with Crippen LogP contribution < -0.4 is 0 Å². The number of fused-ring (bicyclic) bond motifs is 1. The SMILES string of the molecule is Cc1cc(-c2c3c(nc(C(C)(C)C)c2-c2nn[nH]n2)CCC(F)(F)C3)ccn1. The zero-order chi connectivity index (χ0) is 20.1. The summed E-state index contributed by atoms with van der Waals surface area (Å²) in [5, 5.41) is 14.5. The number of nitrogens with zero attached hydrogens (tertiary/aromatic N) is 5. The predicted molar refractivity (Wildman–Crippen MR) is 101 cm³/mol. The average Bonchev–Trinajstić information content (AvgIpc) is 3.13. The second kappa shape index (κ2) is 6.39. The minimum absolute atomic E-state index is 0.188. The van der Waals surface area contributed by atoms with Gasteiger partial charge in [0.25, 0.3) is 5.92 Å². The molecule has 0 spiro atoms. The number of halogens is 2. The van der Waals surface area contributed by atoms with Gasteiger partial charge in [-0.15, -0.1) is 10.2 Å². The summed E-state index contributed by atoms with van der Waals surface area (Å²) in [6.45, 7) is 8.02. The molecule has 0 unspecified atom stereocenters.